The van der Waals surface area contributed by atoms with E-state index >= 15 is 4.39 Å². The van der Waals surface area contributed by atoms with E-state index in [1.807, 2.05) is 4.57 Å². The summed E-state index contributed by atoms with van der Waals surface area (Å²) in [6, 6.07) is 7.73. The molecule has 4 aromatic rings. The molecular weight excluding hydrogens is 513 g/mol. The number of benzene rings is 1. The molecule has 1 aliphatic heterocycles. The van der Waals surface area contributed by atoms with Crippen molar-refractivity contribution >= 4 is 22.9 Å². The second-order valence-electron chi connectivity index (χ2n) is 10.8. The van der Waals surface area contributed by atoms with Crippen LogP contribution in [0.15, 0.2) is 36.7 Å². The van der Waals surface area contributed by atoms with Gasteiger partial charge >= 0.3 is 0 Å². The fourth-order valence-corrected chi connectivity index (χ4v) is 5.76. The molecule has 2 N–H and O–H groups in total. The van der Waals surface area contributed by atoms with Crippen LogP contribution in [-0.4, -0.2) is 72.6 Å². The molecule has 6 rings (SSSR count). The Hall–Kier alpha value is -3.67. The Bertz CT molecular complexity index is 1530. The Morgan fingerprint density at radius 3 is 2.65 bits per heavy atom. The molecule has 1 aliphatic carbocycles. The Labute approximate surface area is 231 Å². The molecule has 1 amide bonds. The first-order valence-electron chi connectivity index (χ1n) is 13.8. The molecule has 0 atom stereocenters. The van der Waals surface area contributed by atoms with Crippen LogP contribution in [0.2, 0.25) is 0 Å². The zero-order valence-corrected chi connectivity index (χ0v) is 22.8. The van der Waals surface area contributed by atoms with Crippen molar-refractivity contribution in [3.05, 3.63) is 59.3 Å². The summed E-state index contributed by atoms with van der Waals surface area (Å²) in [4.78, 5) is 25.1. The standard InChI is InChI=1S/C29H34FN7O3/c1-18-13-23(26(30)27(32-18)20-15-31-35(2)17-20)28(39)34-29-33-24-14-19(16-36-9-11-40-12-10-36)3-8-25(24)37(29)21-4-6-22(38)7-5-21/h3,8,13-15,17,21-22,38H,4-7,9-12,16H2,1-2H3,(H,33,34,39)/t21-,22+. The maximum atomic E-state index is 15.7. The predicted octanol–water partition coefficient (Wildman–Crippen LogP) is 3.84. The summed E-state index contributed by atoms with van der Waals surface area (Å²) < 4.78 is 24.7. The summed E-state index contributed by atoms with van der Waals surface area (Å²) in [7, 11) is 1.74. The highest BCUT2D eigenvalue weighted by molar-refractivity contribution is 6.05. The Morgan fingerprint density at radius 2 is 1.93 bits per heavy atom. The smallest absolute Gasteiger partial charge is 0.261 e. The van der Waals surface area contributed by atoms with E-state index in [2.05, 4.69) is 38.5 Å². The quantitative estimate of drug-likeness (QED) is 0.377. The van der Waals surface area contributed by atoms with Gasteiger partial charge < -0.3 is 14.4 Å². The van der Waals surface area contributed by atoms with Gasteiger partial charge in [-0.15, -0.1) is 0 Å². The third-order valence-electron chi connectivity index (χ3n) is 7.83. The number of fused-ring (bicyclic) bond motifs is 1. The molecule has 1 saturated carbocycles. The second-order valence-corrected chi connectivity index (χ2v) is 10.8. The van der Waals surface area contributed by atoms with E-state index in [9.17, 15) is 9.90 Å². The Balaban J connectivity index is 1.35. The summed E-state index contributed by atoms with van der Waals surface area (Å²) in [5.74, 6) is -0.914. The summed E-state index contributed by atoms with van der Waals surface area (Å²) in [6.45, 7) is 5.76. The SMILES string of the molecule is Cc1cc(C(=O)Nc2nc3cc(CN4CCOCC4)ccc3n2[C@H]2CC[C@@H](O)CC2)c(F)c(-c2cnn(C)c2)n1. The van der Waals surface area contributed by atoms with Crippen LogP contribution in [0.5, 0.6) is 0 Å². The largest absolute Gasteiger partial charge is 0.393 e. The van der Waals surface area contributed by atoms with E-state index in [4.69, 9.17) is 9.72 Å². The van der Waals surface area contributed by atoms with E-state index < -0.39 is 11.7 Å². The van der Waals surface area contributed by atoms with Gasteiger partial charge in [0.2, 0.25) is 5.95 Å². The maximum absolute atomic E-state index is 15.7. The number of carbonyl (C=O) groups is 1. The number of morpholine rings is 1. The molecule has 10 nitrogen and oxygen atoms in total. The molecule has 4 heterocycles. The number of amides is 1. The molecule has 0 bridgehead atoms. The van der Waals surface area contributed by atoms with Gasteiger partial charge in [-0.2, -0.15) is 5.10 Å². The van der Waals surface area contributed by atoms with Crippen LogP contribution in [-0.2, 0) is 18.3 Å². The first-order valence-corrected chi connectivity index (χ1v) is 13.8. The lowest BCUT2D eigenvalue weighted by Gasteiger charge is -2.28. The Kier molecular flexibility index (Phi) is 7.35. The second kappa shape index (κ2) is 11.1. The van der Waals surface area contributed by atoms with Crippen molar-refractivity contribution < 1.29 is 19.0 Å². The number of anilines is 1. The van der Waals surface area contributed by atoms with Crippen molar-refractivity contribution in [2.24, 2.45) is 7.05 Å². The van der Waals surface area contributed by atoms with Crippen molar-refractivity contribution in [2.75, 3.05) is 31.6 Å². The zero-order valence-electron chi connectivity index (χ0n) is 22.8. The monoisotopic (exact) mass is 547 g/mol. The minimum Gasteiger partial charge on any atom is -0.393 e. The molecule has 210 valence electrons. The number of imidazole rings is 1. The fraction of sp³-hybridized carbons (Fsp3) is 0.448. The highest BCUT2D eigenvalue weighted by Crippen LogP contribution is 2.35. The number of hydrogen-bond acceptors (Lipinski definition) is 7. The summed E-state index contributed by atoms with van der Waals surface area (Å²) in [5, 5.41) is 17.1. The number of aromatic nitrogens is 5. The highest BCUT2D eigenvalue weighted by Gasteiger charge is 2.27. The van der Waals surface area contributed by atoms with Crippen LogP contribution in [0, 0.1) is 12.7 Å². The van der Waals surface area contributed by atoms with Crippen molar-refractivity contribution in [2.45, 2.75) is 51.3 Å². The number of hydrogen-bond donors (Lipinski definition) is 2. The van der Waals surface area contributed by atoms with Crippen molar-refractivity contribution in [3.63, 3.8) is 0 Å². The number of aliphatic hydroxyl groups is 1. The predicted molar refractivity (Wildman–Crippen MR) is 148 cm³/mol. The minimum atomic E-state index is -0.702. The van der Waals surface area contributed by atoms with Gasteiger partial charge in [-0.25, -0.2) is 14.4 Å². The zero-order chi connectivity index (χ0) is 27.8. The minimum absolute atomic E-state index is 0.0590. The average Bonchev–Trinajstić information content (AvgIpc) is 3.53. The molecule has 0 radical (unpaired) electrons. The number of nitrogens with one attached hydrogen (secondary N) is 1. The van der Waals surface area contributed by atoms with Gasteiger partial charge in [-0.1, -0.05) is 6.07 Å². The summed E-state index contributed by atoms with van der Waals surface area (Å²) in [5.41, 5.74) is 3.82. The van der Waals surface area contributed by atoms with Gasteiger partial charge in [0.15, 0.2) is 5.82 Å². The maximum Gasteiger partial charge on any atom is 0.261 e. The van der Waals surface area contributed by atoms with E-state index in [-0.39, 0.29) is 23.4 Å². The van der Waals surface area contributed by atoms with E-state index in [1.54, 1.807) is 24.9 Å². The van der Waals surface area contributed by atoms with Gasteiger partial charge in [0.1, 0.15) is 5.69 Å². The number of aliphatic hydroxyl groups excluding tert-OH is 1. The first kappa shape index (κ1) is 26.5. The van der Waals surface area contributed by atoms with Gasteiger partial charge in [0, 0.05) is 50.2 Å². The molecule has 3 aromatic heterocycles. The lowest BCUT2D eigenvalue weighted by atomic mass is 9.93. The Morgan fingerprint density at radius 1 is 1.15 bits per heavy atom. The van der Waals surface area contributed by atoms with E-state index in [0.29, 0.717) is 30.0 Å². The number of aryl methyl sites for hydroxylation is 2. The number of pyridine rings is 1. The summed E-state index contributed by atoms with van der Waals surface area (Å²) >= 11 is 0. The van der Waals surface area contributed by atoms with Crippen LogP contribution < -0.4 is 5.32 Å². The van der Waals surface area contributed by atoms with Gasteiger partial charge in [-0.05, 0) is 56.4 Å². The molecule has 0 spiro atoms. The lowest BCUT2D eigenvalue weighted by molar-refractivity contribution is 0.0342. The molecule has 1 aromatic carbocycles. The lowest BCUT2D eigenvalue weighted by Crippen LogP contribution is -2.35. The van der Waals surface area contributed by atoms with Gasteiger partial charge in [-0.3, -0.25) is 19.7 Å². The third-order valence-corrected chi connectivity index (χ3v) is 7.83. The summed E-state index contributed by atoms with van der Waals surface area (Å²) in [6.07, 6.45) is 5.76. The highest BCUT2D eigenvalue weighted by atomic mass is 19.1. The number of rotatable bonds is 6. The van der Waals surface area contributed by atoms with Gasteiger partial charge in [0.25, 0.3) is 5.91 Å². The number of nitrogens with zero attached hydrogens (tertiary/aromatic N) is 6. The van der Waals surface area contributed by atoms with Crippen molar-refractivity contribution in [3.8, 4) is 11.3 Å². The molecule has 2 aliphatic rings. The number of ether oxygens (including phenoxy) is 1. The molecule has 11 heteroatoms. The number of carbonyl (C=O) groups excluding carboxylic acids is 1. The van der Waals surface area contributed by atoms with Crippen LogP contribution >= 0.6 is 0 Å². The van der Waals surface area contributed by atoms with Crippen LogP contribution in [0.4, 0.5) is 10.3 Å². The normalized spacial score (nSPS) is 20.2. The van der Waals surface area contributed by atoms with Crippen molar-refractivity contribution in [1.29, 1.82) is 0 Å². The van der Waals surface area contributed by atoms with E-state index in [0.717, 1.165) is 62.3 Å². The molecule has 1 saturated heterocycles. The molecular formula is C29H34FN7O3. The van der Waals surface area contributed by atoms with Crippen LogP contribution in [0.3, 0.4) is 0 Å². The number of halogens is 1. The average molecular weight is 548 g/mol. The first-order chi connectivity index (χ1) is 19.4. The van der Waals surface area contributed by atoms with Gasteiger partial charge in [0.05, 0.1) is 42.1 Å². The van der Waals surface area contributed by atoms with Crippen molar-refractivity contribution in [1.82, 2.24) is 29.2 Å². The fourth-order valence-electron chi connectivity index (χ4n) is 5.76. The molecule has 0 unspecified atom stereocenters. The topological polar surface area (TPSA) is 110 Å². The molecule has 2 fully saturated rings. The van der Waals surface area contributed by atoms with Crippen LogP contribution in [0.25, 0.3) is 22.3 Å². The molecule has 40 heavy (non-hydrogen) atoms. The van der Waals surface area contributed by atoms with Crippen LogP contribution in [0.1, 0.15) is 53.3 Å². The van der Waals surface area contributed by atoms with E-state index in [1.165, 1.54) is 12.3 Å². The third kappa shape index (κ3) is 5.36.